The quantitative estimate of drug-likeness (QED) is 0.713. The molecule has 0 saturated heterocycles. The Bertz CT molecular complexity index is 427. The molecule has 0 aromatic carbocycles. The lowest BCUT2D eigenvalue weighted by Gasteiger charge is -2.16. The number of carboxylic acids is 1. The van der Waals surface area contributed by atoms with Gasteiger partial charge in [0, 0.05) is 6.20 Å². The van der Waals surface area contributed by atoms with E-state index < -0.39 is 22.4 Å². The topological polar surface area (TPSA) is 101 Å². The van der Waals surface area contributed by atoms with Crippen molar-refractivity contribution in [3.8, 4) is 0 Å². The molecular formula is C7H9F3N2O4S. The van der Waals surface area contributed by atoms with Crippen molar-refractivity contribution in [2.75, 3.05) is 6.54 Å². The second-order valence-corrected chi connectivity index (χ2v) is 4.19. The molecule has 0 saturated carbocycles. The molecule has 0 atom stereocenters. The van der Waals surface area contributed by atoms with Gasteiger partial charge in [0.2, 0.25) is 0 Å². The third-order valence-corrected chi connectivity index (χ3v) is 2.28. The molecule has 0 radical (unpaired) electrons. The van der Waals surface area contributed by atoms with E-state index in [1.807, 2.05) is 0 Å². The lowest BCUT2D eigenvalue weighted by Crippen LogP contribution is -2.33. The molecule has 0 aliphatic carbocycles. The number of rotatable bonds is 1. The molecule has 0 unspecified atom stereocenters. The van der Waals surface area contributed by atoms with E-state index in [1.165, 1.54) is 6.20 Å². The number of carboxylic acid groups (broad SMARTS) is 1. The normalized spacial score (nSPS) is 15.2. The van der Waals surface area contributed by atoms with Crippen molar-refractivity contribution < 1.29 is 31.5 Å². The van der Waals surface area contributed by atoms with E-state index in [0.717, 1.165) is 4.31 Å². The number of allylic oxidation sites excluding steroid dienone is 2. The number of halogens is 3. The van der Waals surface area contributed by atoms with Gasteiger partial charge in [-0.15, -0.1) is 0 Å². The van der Waals surface area contributed by atoms with Gasteiger partial charge in [0.05, 0.1) is 6.54 Å². The zero-order chi connectivity index (χ0) is 13.7. The molecule has 3 N–H and O–H groups in total. The SMILES string of the molecule is NS(=O)(=O)N1C=CC=CC1.O=C(O)C(F)(F)F. The van der Waals surface area contributed by atoms with Crippen LogP contribution in [0.4, 0.5) is 13.2 Å². The minimum Gasteiger partial charge on any atom is -0.475 e. The van der Waals surface area contributed by atoms with Crippen molar-refractivity contribution in [1.29, 1.82) is 0 Å². The van der Waals surface area contributed by atoms with Crippen molar-refractivity contribution in [1.82, 2.24) is 4.31 Å². The van der Waals surface area contributed by atoms with Gasteiger partial charge in [-0.25, -0.2) is 9.93 Å². The van der Waals surface area contributed by atoms with Crippen LogP contribution in [-0.4, -0.2) is 36.5 Å². The lowest BCUT2D eigenvalue weighted by atomic mass is 10.4. The first kappa shape index (κ1) is 15.4. The van der Waals surface area contributed by atoms with Gasteiger partial charge in [-0.1, -0.05) is 12.2 Å². The van der Waals surface area contributed by atoms with Crippen LogP contribution in [0.25, 0.3) is 0 Å². The number of aliphatic carboxylic acids is 1. The number of nitrogens with zero attached hydrogens (tertiary/aromatic N) is 1. The Morgan fingerprint density at radius 3 is 2.00 bits per heavy atom. The molecule has 1 aliphatic rings. The minimum absolute atomic E-state index is 0.329. The summed E-state index contributed by atoms with van der Waals surface area (Å²) < 4.78 is 54.0. The van der Waals surface area contributed by atoms with Gasteiger partial charge >= 0.3 is 12.1 Å². The summed E-state index contributed by atoms with van der Waals surface area (Å²) in [4.78, 5) is 8.90. The fourth-order valence-corrected chi connectivity index (χ4v) is 1.17. The smallest absolute Gasteiger partial charge is 0.475 e. The second kappa shape index (κ2) is 5.68. The van der Waals surface area contributed by atoms with E-state index in [-0.39, 0.29) is 0 Å². The fraction of sp³-hybridized carbons (Fsp3) is 0.286. The molecule has 1 heterocycles. The van der Waals surface area contributed by atoms with E-state index >= 15 is 0 Å². The van der Waals surface area contributed by atoms with Crippen LogP contribution < -0.4 is 5.14 Å². The van der Waals surface area contributed by atoms with Crippen molar-refractivity contribution in [2.45, 2.75) is 6.18 Å². The van der Waals surface area contributed by atoms with Crippen LogP contribution in [0.2, 0.25) is 0 Å². The Kier molecular flexibility index (Phi) is 5.16. The molecule has 0 bridgehead atoms. The highest BCUT2D eigenvalue weighted by molar-refractivity contribution is 7.86. The van der Waals surface area contributed by atoms with E-state index in [4.69, 9.17) is 15.0 Å². The van der Waals surface area contributed by atoms with Gasteiger partial charge in [0.1, 0.15) is 0 Å². The van der Waals surface area contributed by atoms with Crippen molar-refractivity contribution >= 4 is 16.2 Å². The molecule has 1 rings (SSSR count). The van der Waals surface area contributed by atoms with Crippen LogP contribution in [0.5, 0.6) is 0 Å². The van der Waals surface area contributed by atoms with Crippen LogP contribution >= 0.6 is 0 Å². The van der Waals surface area contributed by atoms with E-state index in [0.29, 0.717) is 6.54 Å². The predicted octanol–water partition coefficient (Wildman–Crippen LogP) is 0.209. The summed E-state index contributed by atoms with van der Waals surface area (Å²) >= 11 is 0. The van der Waals surface area contributed by atoms with Crippen molar-refractivity contribution in [3.05, 3.63) is 24.4 Å². The number of nitrogens with two attached hydrogens (primary N) is 1. The highest BCUT2D eigenvalue weighted by Crippen LogP contribution is 2.13. The van der Waals surface area contributed by atoms with Gasteiger partial charge in [-0.2, -0.15) is 21.6 Å². The third-order valence-electron chi connectivity index (χ3n) is 1.35. The maximum atomic E-state index is 10.6. The van der Waals surface area contributed by atoms with Gasteiger partial charge in [0.25, 0.3) is 10.2 Å². The Morgan fingerprint density at radius 2 is 1.82 bits per heavy atom. The molecule has 6 nitrogen and oxygen atoms in total. The monoisotopic (exact) mass is 274 g/mol. The number of carbonyl (C=O) groups is 1. The van der Waals surface area contributed by atoms with Crippen LogP contribution in [0.15, 0.2) is 24.4 Å². The highest BCUT2D eigenvalue weighted by atomic mass is 32.2. The Labute approximate surface area is 95.0 Å². The second-order valence-electron chi connectivity index (χ2n) is 2.69. The average molecular weight is 274 g/mol. The number of hydrogen-bond donors (Lipinski definition) is 2. The lowest BCUT2D eigenvalue weighted by molar-refractivity contribution is -0.192. The molecule has 17 heavy (non-hydrogen) atoms. The van der Waals surface area contributed by atoms with Gasteiger partial charge in [-0.05, 0) is 6.08 Å². The summed E-state index contributed by atoms with van der Waals surface area (Å²) in [6, 6.07) is 0. The average Bonchev–Trinajstić information content (AvgIpc) is 2.17. The Morgan fingerprint density at radius 1 is 1.35 bits per heavy atom. The largest absolute Gasteiger partial charge is 0.490 e. The summed E-state index contributed by atoms with van der Waals surface area (Å²) in [6.07, 6.45) is 1.44. The first-order valence-corrected chi connectivity index (χ1v) is 5.48. The van der Waals surface area contributed by atoms with Crippen LogP contribution in [0, 0.1) is 0 Å². The maximum Gasteiger partial charge on any atom is 0.490 e. The van der Waals surface area contributed by atoms with Crippen LogP contribution in [0.1, 0.15) is 0 Å². The molecule has 0 aromatic heterocycles. The zero-order valence-electron chi connectivity index (χ0n) is 8.26. The Hall–Kier alpha value is -1.55. The van der Waals surface area contributed by atoms with E-state index in [2.05, 4.69) is 0 Å². The van der Waals surface area contributed by atoms with Crippen molar-refractivity contribution in [3.63, 3.8) is 0 Å². The number of hydrogen-bond acceptors (Lipinski definition) is 3. The molecule has 0 fully saturated rings. The molecule has 0 aromatic rings. The first-order chi connectivity index (χ1) is 7.55. The standard InChI is InChI=1S/C5H8N2O2S.C2HF3O2/c6-10(8,9)7-4-2-1-3-5-7;3-2(4,5)1(6)7/h1-4H,5H2,(H2,6,8,9);(H,6,7). The molecule has 10 heteroatoms. The van der Waals surface area contributed by atoms with Crippen molar-refractivity contribution in [2.24, 2.45) is 5.14 Å². The van der Waals surface area contributed by atoms with Crippen LogP contribution in [-0.2, 0) is 15.0 Å². The molecule has 98 valence electrons. The predicted molar refractivity (Wildman–Crippen MR) is 51.8 cm³/mol. The van der Waals surface area contributed by atoms with Gasteiger partial charge < -0.3 is 5.11 Å². The third kappa shape index (κ3) is 6.58. The summed E-state index contributed by atoms with van der Waals surface area (Å²) in [6.45, 7) is 0.329. The van der Waals surface area contributed by atoms with Gasteiger partial charge in [-0.3, -0.25) is 4.31 Å². The number of alkyl halides is 3. The molecule has 0 spiro atoms. The summed E-state index contributed by atoms with van der Waals surface area (Å²) in [5, 5.41) is 11.9. The summed E-state index contributed by atoms with van der Waals surface area (Å²) in [5.74, 6) is -2.76. The summed E-state index contributed by atoms with van der Waals surface area (Å²) in [5.41, 5.74) is 0. The van der Waals surface area contributed by atoms with Gasteiger partial charge in [0.15, 0.2) is 0 Å². The highest BCUT2D eigenvalue weighted by Gasteiger charge is 2.38. The zero-order valence-corrected chi connectivity index (χ0v) is 9.07. The first-order valence-electron chi connectivity index (χ1n) is 3.98. The molecule has 0 amide bonds. The van der Waals surface area contributed by atoms with E-state index in [1.54, 1.807) is 18.2 Å². The fourth-order valence-electron chi connectivity index (χ4n) is 0.639. The Balaban J connectivity index is 0.000000325. The summed E-state index contributed by atoms with van der Waals surface area (Å²) in [7, 11) is -3.53. The van der Waals surface area contributed by atoms with Crippen LogP contribution in [0.3, 0.4) is 0 Å². The minimum atomic E-state index is -5.08. The maximum absolute atomic E-state index is 10.6. The molecular weight excluding hydrogens is 265 g/mol. The van der Waals surface area contributed by atoms with E-state index in [9.17, 15) is 21.6 Å². The molecule has 1 aliphatic heterocycles.